The summed E-state index contributed by atoms with van der Waals surface area (Å²) in [5.41, 5.74) is 3.11. The Morgan fingerprint density at radius 3 is 3.00 bits per heavy atom. The van der Waals surface area contributed by atoms with Gasteiger partial charge >= 0.3 is 0 Å². The average Bonchev–Trinajstić information content (AvgIpc) is 2.79. The van der Waals surface area contributed by atoms with Gasteiger partial charge in [0.15, 0.2) is 5.78 Å². The van der Waals surface area contributed by atoms with Crippen LogP contribution in [0.1, 0.15) is 49.7 Å². The smallest absolute Gasteiger partial charge is 0.162 e. The number of rotatable bonds is 2. The summed E-state index contributed by atoms with van der Waals surface area (Å²) in [6.07, 6.45) is 8.28. The molecule has 0 radical (unpaired) electrons. The van der Waals surface area contributed by atoms with Crippen LogP contribution in [0.3, 0.4) is 0 Å². The fraction of sp³-hybridized carbons (Fsp3) is 0.476. The number of hydrogen-bond acceptors (Lipinski definition) is 1. The van der Waals surface area contributed by atoms with Crippen LogP contribution in [0.4, 0.5) is 4.39 Å². The Morgan fingerprint density at radius 2 is 2.22 bits per heavy atom. The molecule has 1 nitrogen and oxygen atoms in total. The molecule has 120 valence electrons. The zero-order valence-corrected chi connectivity index (χ0v) is 13.6. The Balaban J connectivity index is 1.77. The minimum Gasteiger partial charge on any atom is -0.294 e. The Kier molecular flexibility index (Phi) is 3.33. The second-order valence-corrected chi connectivity index (χ2v) is 7.63. The van der Waals surface area contributed by atoms with Gasteiger partial charge in [-0.25, -0.2) is 4.39 Å². The summed E-state index contributed by atoms with van der Waals surface area (Å²) in [7, 11) is 0. The molecule has 1 saturated carbocycles. The van der Waals surface area contributed by atoms with Crippen LogP contribution in [-0.4, -0.2) is 5.78 Å². The lowest BCUT2D eigenvalue weighted by Crippen LogP contribution is -2.44. The Labute approximate surface area is 137 Å². The number of benzene rings is 1. The molecule has 3 aliphatic rings. The van der Waals surface area contributed by atoms with Crippen LogP contribution < -0.4 is 0 Å². The average molecular weight is 310 g/mol. The van der Waals surface area contributed by atoms with Crippen molar-refractivity contribution in [2.75, 3.05) is 0 Å². The van der Waals surface area contributed by atoms with Gasteiger partial charge in [0.2, 0.25) is 0 Å². The summed E-state index contributed by atoms with van der Waals surface area (Å²) in [4.78, 5) is 12.6. The topological polar surface area (TPSA) is 17.1 Å². The van der Waals surface area contributed by atoms with Crippen molar-refractivity contribution in [1.29, 1.82) is 0 Å². The third-order valence-corrected chi connectivity index (χ3v) is 6.55. The van der Waals surface area contributed by atoms with Gasteiger partial charge in [-0.05, 0) is 73.1 Å². The largest absolute Gasteiger partial charge is 0.294 e. The first-order valence-electron chi connectivity index (χ1n) is 8.69. The first kappa shape index (κ1) is 14.9. The van der Waals surface area contributed by atoms with Crippen molar-refractivity contribution in [3.63, 3.8) is 0 Å². The molecule has 4 atom stereocenters. The van der Waals surface area contributed by atoms with Gasteiger partial charge < -0.3 is 0 Å². The van der Waals surface area contributed by atoms with Gasteiger partial charge in [-0.15, -0.1) is 6.58 Å². The van der Waals surface area contributed by atoms with Crippen molar-refractivity contribution >= 4 is 5.78 Å². The van der Waals surface area contributed by atoms with Crippen LogP contribution >= 0.6 is 0 Å². The van der Waals surface area contributed by atoms with Gasteiger partial charge in [0.05, 0.1) is 0 Å². The van der Waals surface area contributed by atoms with E-state index in [0.29, 0.717) is 23.5 Å². The molecule has 1 aromatic rings. The minimum absolute atomic E-state index is 0.0568. The highest BCUT2D eigenvalue weighted by atomic mass is 19.1. The number of allylic oxidation sites excluding steroid dienone is 3. The predicted molar refractivity (Wildman–Crippen MR) is 89.7 cm³/mol. The van der Waals surface area contributed by atoms with E-state index in [9.17, 15) is 9.18 Å². The van der Waals surface area contributed by atoms with Gasteiger partial charge in [0, 0.05) is 5.41 Å². The van der Waals surface area contributed by atoms with Crippen LogP contribution in [0.15, 0.2) is 42.5 Å². The lowest BCUT2D eigenvalue weighted by molar-refractivity contribution is -0.127. The second kappa shape index (κ2) is 5.15. The molecule has 0 saturated heterocycles. The Morgan fingerprint density at radius 1 is 1.39 bits per heavy atom. The maximum atomic E-state index is 14.2. The van der Waals surface area contributed by atoms with Crippen LogP contribution in [-0.2, 0) is 11.2 Å². The van der Waals surface area contributed by atoms with Crippen LogP contribution in [0.5, 0.6) is 0 Å². The van der Waals surface area contributed by atoms with Gasteiger partial charge in [0.25, 0.3) is 0 Å². The van der Waals surface area contributed by atoms with Crippen molar-refractivity contribution in [1.82, 2.24) is 0 Å². The molecule has 0 bridgehead atoms. The third kappa shape index (κ3) is 2.00. The lowest BCUT2D eigenvalue weighted by atomic mass is 9.54. The number of carbonyl (C=O) groups excluding carboxylic acids is 1. The van der Waals surface area contributed by atoms with Gasteiger partial charge in [0.1, 0.15) is 5.82 Å². The van der Waals surface area contributed by atoms with E-state index >= 15 is 0 Å². The number of carbonyl (C=O) groups is 1. The van der Waals surface area contributed by atoms with Crippen LogP contribution in [0, 0.1) is 23.1 Å². The maximum Gasteiger partial charge on any atom is 0.162 e. The molecule has 4 rings (SSSR count). The highest BCUT2D eigenvalue weighted by molar-refractivity contribution is 5.99. The van der Waals surface area contributed by atoms with Gasteiger partial charge in [-0.1, -0.05) is 30.7 Å². The van der Waals surface area contributed by atoms with Crippen LogP contribution in [0.25, 0.3) is 0 Å². The molecule has 1 fully saturated rings. The number of fused-ring (bicyclic) bond motifs is 5. The molecular weight excluding hydrogens is 287 g/mol. The van der Waals surface area contributed by atoms with Crippen molar-refractivity contribution in [3.8, 4) is 0 Å². The molecule has 1 aromatic carbocycles. The molecular formula is C21H23FO. The number of ketones is 1. The molecule has 0 amide bonds. The minimum atomic E-state index is -0.246. The normalized spacial score (nSPS) is 35.1. The van der Waals surface area contributed by atoms with Gasteiger partial charge in [-0.2, -0.15) is 0 Å². The quantitative estimate of drug-likeness (QED) is 0.705. The molecule has 0 spiro atoms. The predicted octanol–water partition coefficient (Wildman–Crippen LogP) is 4.97. The molecule has 0 aliphatic heterocycles. The molecule has 3 unspecified atom stereocenters. The van der Waals surface area contributed by atoms with E-state index in [1.54, 1.807) is 6.07 Å². The molecule has 0 aromatic heterocycles. The monoisotopic (exact) mass is 310 g/mol. The highest BCUT2D eigenvalue weighted by Crippen LogP contribution is 2.60. The second-order valence-electron chi connectivity index (χ2n) is 7.63. The summed E-state index contributed by atoms with van der Waals surface area (Å²) in [5, 5.41) is 0. The van der Waals surface area contributed by atoms with Crippen molar-refractivity contribution in [2.45, 2.75) is 44.9 Å². The molecule has 23 heavy (non-hydrogen) atoms. The zero-order chi connectivity index (χ0) is 16.2. The Hall–Kier alpha value is -1.70. The van der Waals surface area contributed by atoms with Crippen LogP contribution in [0.2, 0.25) is 0 Å². The van der Waals surface area contributed by atoms with E-state index in [4.69, 9.17) is 0 Å². The lowest BCUT2D eigenvalue weighted by Gasteiger charge is -2.49. The standard InChI is InChI=1S/C21H23FO/c1-3-5-13-12-19(23)21(2)11-10-15-14-6-4-7-18(22)16(14)8-9-17(15)20(13)21/h3-4,6-7,12,15,17,20H,1,5,8-11H2,2H3/t15?,17?,20?,21-/m1/s1. The Bertz CT molecular complexity index is 717. The number of hydrogen-bond donors (Lipinski definition) is 0. The van der Waals surface area contributed by atoms with E-state index in [-0.39, 0.29) is 11.2 Å². The van der Waals surface area contributed by atoms with E-state index < -0.39 is 0 Å². The van der Waals surface area contributed by atoms with Crippen molar-refractivity contribution in [3.05, 3.63) is 59.4 Å². The third-order valence-electron chi connectivity index (χ3n) is 6.55. The van der Waals surface area contributed by atoms with E-state index in [1.165, 1.54) is 11.1 Å². The molecule has 3 aliphatic carbocycles. The molecule has 2 heteroatoms. The fourth-order valence-corrected chi connectivity index (χ4v) is 5.52. The summed E-state index contributed by atoms with van der Waals surface area (Å²) in [6.45, 7) is 6.00. The highest BCUT2D eigenvalue weighted by Gasteiger charge is 2.55. The summed E-state index contributed by atoms with van der Waals surface area (Å²) in [6, 6.07) is 5.52. The maximum absolute atomic E-state index is 14.2. The van der Waals surface area contributed by atoms with E-state index in [0.717, 1.165) is 37.7 Å². The van der Waals surface area contributed by atoms with Crippen molar-refractivity contribution in [2.24, 2.45) is 17.3 Å². The fourth-order valence-electron chi connectivity index (χ4n) is 5.52. The SMILES string of the molecule is C=CCC1=CC(=O)[C@@]2(C)CCC3c4cccc(F)c4CCC3C12. The summed E-state index contributed by atoms with van der Waals surface area (Å²) in [5.74, 6) is 1.40. The molecule has 0 heterocycles. The molecule has 0 N–H and O–H groups in total. The summed E-state index contributed by atoms with van der Waals surface area (Å²) >= 11 is 0. The van der Waals surface area contributed by atoms with E-state index in [2.05, 4.69) is 19.6 Å². The first-order chi connectivity index (χ1) is 11.1. The summed E-state index contributed by atoms with van der Waals surface area (Å²) < 4.78 is 14.2. The van der Waals surface area contributed by atoms with Crippen molar-refractivity contribution < 1.29 is 9.18 Å². The van der Waals surface area contributed by atoms with Gasteiger partial charge in [-0.3, -0.25) is 4.79 Å². The number of halogens is 1. The first-order valence-corrected chi connectivity index (χ1v) is 8.69. The van der Waals surface area contributed by atoms with E-state index in [1.807, 2.05) is 18.2 Å². The zero-order valence-electron chi connectivity index (χ0n) is 13.6.